The Hall–Kier alpha value is -2.71. The highest BCUT2D eigenvalue weighted by molar-refractivity contribution is 7.91. The molecule has 146 valence electrons. The van der Waals surface area contributed by atoms with Crippen LogP contribution in [-0.4, -0.2) is 28.0 Å². The molecule has 1 heterocycles. The van der Waals surface area contributed by atoms with Crippen molar-refractivity contribution in [3.05, 3.63) is 82.3 Å². The average molecular weight is 419 g/mol. The molecule has 28 heavy (non-hydrogen) atoms. The fourth-order valence-electron chi connectivity index (χ4n) is 2.66. The van der Waals surface area contributed by atoms with Crippen LogP contribution in [0.2, 0.25) is 0 Å². The zero-order valence-electron chi connectivity index (χ0n) is 15.0. The summed E-state index contributed by atoms with van der Waals surface area (Å²) in [5.41, 5.74) is 0.258. The van der Waals surface area contributed by atoms with Crippen molar-refractivity contribution in [1.29, 1.82) is 0 Å². The van der Waals surface area contributed by atoms with Gasteiger partial charge in [-0.3, -0.25) is 4.79 Å². The van der Waals surface area contributed by atoms with E-state index in [2.05, 4.69) is 5.32 Å². The van der Waals surface area contributed by atoms with E-state index in [1.54, 1.807) is 29.6 Å². The number of carbonyl (C=O) groups is 1. The van der Waals surface area contributed by atoms with Gasteiger partial charge in [-0.15, -0.1) is 11.3 Å². The van der Waals surface area contributed by atoms with Gasteiger partial charge >= 0.3 is 0 Å². The number of amides is 1. The second kappa shape index (κ2) is 8.53. The largest absolute Gasteiger partial charge is 0.497 e. The number of rotatable bonds is 7. The van der Waals surface area contributed by atoms with Crippen molar-refractivity contribution in [3.63, 3.8) is 0 Å². The summed E-state index contributed by atoms with van der Waals surface area (Å²) in [6.45, 7) is -0.106. The number of carbonyl (C=O) groups excluding carboxylic acids is 1. The molecule has 0 unspecified atom stereocenters. The molecule has 0 aliphatic heterocycles. The Morgan fingerprint density at radius 3 is 2.36 bits per heavy atom. The Morgan fingerprint density at radius 2 is 1.79 bits per heavy atom. The summed E-state index contributed by atoms with van der Waals surface area (Å²) in [6, 6.07) is 14.7. The number of ether oxygens (including phenoxy) is 1. The first kappa shape index (κ1) is 20.0. The maximum absolute atomic E-state index is 13.2. The number of halogens is 1. The van der Waals surface area contributed by atoms with Gasteiger partial charge in [0.2, 0.25) is 0 Å². The SMILES string of the molecule is COc1ccc(S(=O)(=O)[C@@H](CNC(=O)c2ccc(F)cc2)c2cccs2)cc1. The highest BCUT2D eigenvalue weighted by Gasteiger charge is 2.30. The van der Waals surface area contributed by atoms with Crippen LogP contribution in [0.3, 0.4) is 0 Å². The van der Waals surface area contributed by atoms with Gasteiger partial charge in [0.1, 0.15) is 16.8 Å². The van der Waals surface area contributed by atoms with Crippen LogP contribution in [0.15, 0.2) is 70.9 Å². The lowest BCUT2D eigenvalue weighted by Crippen LogP contribution is -2.31. The van der Waals surface area contributed by atoms with Crippen molar-refractivity contribution in [2.75, 3.05) is 13.7 Å². The molecule has 1 atom stereocenters. The lowest BCUT2D eigenvalue weighted by molar-refractivity contribution is 0.0953. The Labute approximate surface area is 166 Å². The third-order valence-corrected chi connectivity index (χ3v) is 7.41. The molecule has 3 aromatic rings. The first-order valence-electron chi connectivity index (χ1n) is 8.37. The maximum atomic E-state index is 13.2. The molecule has 0 fully saturated rings. The summed E-state index contributed by atoms with van der Waals surface area (Å²) in [5, 5.41) is 3.49. The normalized spacial score (nSPS) is 12.4. The second-order valence-corrected chi connectivity index (χ2v) is 9.05. The number of hydrogen-bond acceptors (Lipinski definition) is 5. The highest BCUT2D eigenvalue weighted by atomic mass is 32.2. The molecule has 5 nitrogen and oxygen atoms in total. The molecule has 0 bridgehead atoms. The molecule has 1 N–H and O–H groups in total. The molecule has 8 heteroatoms. The predicted octanol–water partition coefficient (Wildman–Crippen LogP) is 3.84. The summed E-state index contributed by atoms with van der Waals surface area (Å²) in [7, 11) is -2.25. The molecule has 0 saturated heterocycles. The van der Waals surface area contributed by atoms with Crippen molar-refractivity contribution >= 4 is 27.1 Å². The van der Waals surface area contributed by atoms with Crippen LogP contribution < -0.4 is 10.1 Å². The van der Waals surface area contributed by atoms with Crippen LogP contribution in [0.5, 0.6) is 5.75 Å². The number of benzene rings is 2. The Balaban J connectivity index is 1.85. The minimum atomic E-state index is -3.75. The van der Waals surface area contributed by atoms with E-state index in [0.717, 1.165) is 0 Å². The monoisotopic (exact) mass is 419 g/mol. The number of hydrogen-bond donors (Lipinski definition) is 1. The van der Waals surface area contributed by atoms with Gasteiger partial charge in [0.15, 0.2) is 9.84 Å². The molecule has 0 aliphatic carbocycles. The Bertz CT molecular complexity index is 1030. The van der Waals surface area contributed by atoms with E-state index in [9.17, 15) is 17.6 Å². The number of thiophene rings is 1. The lowest BCUT2D eigenvalue weighted by atomic mass is 10.2. The molecular weight excluding hydrogens is 401 g/mol. The molecule has 0 aliphatic rings. The van der Waals surface area contributed by atoms with Crippen LogP contribution in [0, 0.1) is 5.82 Å². The van der Waals surface area contributed by atoms with Crippen molar-refractivity contribution in [3.8, 4) is 5.75 Å². The zero-order valence-corrected chi connectivity index (χ0v) is 16.6. The van der Waals surface area contributed by atoms with E-state index >= 15 is 0 Å². The van der Waals surface area contributed by atoms with E-state index < -0.39 is 26.8 Å². The van der Waals surface area contributed by atoms with Gasteiger partial charge in [0.25, 0.3) is 5.91 Å². The predicted molar refractivity (Wildman–Crippen MR) is 106 cm³/mol. The Morgan fingerprint density at radius 1 is 1.11 bits per heavy atom. The van der Waals surface area contributed by atoms with Crippen LogP contribution in [0.1, 0.15) is 20.5 Å². The molecule has 0 radical (unpaired) electrons. The standard InChI is InChI=1S/C20H18FNO4S2/c1-26-16-8-10-17(11-9-16)28(24,25)19(18-3-2-12-27-18)13-22-20(23)14-4-6-15(21)7-5-14/h2-12,19H,13H2,1H3,(H,22,23)/t19-/m0/s1. The van der Waals surface area contributed by atoms with Crippen LogP contribution in [0.4, 0.5) is 4.39 Å². The minimum Gasteiger partial charge on any atom is -0.497 e. The van der Waals surface area contributed by atoms with E-state index in [0.29, 0.717) is 10.6 Å². The molecule has 0 spiro atoms. The first-order chi connectivity index (χ1) is 13.4. The van der Waals surface area contributed by atoms with Crippen molar-refractivity contribution in [1.82, 2.24) is 5.32 Å². The third kappa shape index (κ3) is 4.40. The van der Waals surface area contributed by atoms with Crippen molar-refractivity contribution in [2.24, 2.45) is 0 Å². The first-order valence-corrected chi connectivity index (χ1v) is 10.8. The second-order valence-electron chi connectivity index (χ2n) is 5.94. The fourth-order valence-corrected chi connectivity index (χ4v) is 5.44. The number of nitrogens with one attached hydrogen (secondary N) is 1. The summed E-state index contributed by atoms with van der Waals surface area (Å²) in [4.78, 5) is 13.1. The zero-order chi connectivity index (χ0) is 20.1. The van der Waals surface area contributed by atoms with E-state index in [1.807, 2.05) is 0 Å². The quantitative estimate of drug-likeness (QED) is 0.632. The van der Waals surface area contributed by atoms with E-state index in [-0.39, 0.29) is 17.0 Å². The minimum absolute atomic E-state index is 0.106. The maximum Gasteiger partial charge on any atom is 0.251 e. The van der Waals surface area contributed by atoms with Gasteiger partial charge in [-0.1, -0.05) is 6.07 Å². The summed E-state index contributed by atoms with van der Waals surface area (Å²) in [5.74, 6) is -0.363. The number of methoxy groups -OCH3 is 1. The summed E-state index contributed by atoms with van der Waals surface area (Å²) >= 11 is 1.30. The molecule has 2 aromatic carbocycles. The molecule has 1 amide bonds. The van der Waals surface area contributed by atoms with Gasteiger partial charge < -0.3 is 10.1 Å². The topological polar surface area (TPSA) is 72.5 Å². The van der Waals surface area contributed by atoms with Gasteiger partial charge in [-0.05, 0) is 60.0 Å². The van der Waals surface area contributed by atoms with Gasteiger partial charge in [0, 0.05) is 17.0 Å². The van der Waals surface area contributed by atoms with Gasteiger partial charge in [-0.25, -0.2) is 12.8 Å². The van der Waals surface area contributed by atoms with E-state index in [1.165, 1.54) is 54.8 Å². The van der Waals surface area contributed by atoms with Crippen molar-refractivity contribution in [2.45, 2.75) is 10.1 Å². The fraction of sp³-hybridized carbons (Fsp3) is 0.150. The lowest BCUT2D eigenvalue weighted by Gasteiger charge is -2.18. The van der Waals surface area contributed by atoms with Gasteiger partial charge in [0.05, 0.1) is 12.0 Å². The molecule has 3 rings (SSSR count). The van der Waals surface area contributed by atoms with Crippen molar-refractivity contribution < 1.29 is 22.3 Å². The summed E-state index contributed by atoms with van der Waals surface area (Å²) < 4.78 is 44.5. The smallest absolute Gasteiger partial charge is 0.251 e. The molecule has 1 aromatic heterocycles. The average Bonchev–Trinajstić information content (AvgIpc) is 3.22. The third-order valence-electron chi connectivity index (χ3n) is 4.18. The van der Waals surface area contributed by atoms with Crippen LogP contribution in [0.25, 0.3) is 0 Å². The Kier molecular flexibility index (Phi) is 6.11. The summed E-state index contributed by atoms with van der Waals surface area (Å²) in [6.07, 6.45) is 0. The molecular formula is C20H18FNO4S2. The van der Waals surface area contributed by atoms with Gasteiger partial charge in [-0.2, -0.15) is 0 Å². The highest BCUT2D eigenvalue weighted by Crippen LogP contribution is 2.32. The molecule has 0 saturated carbocycles. The van der Waals surface area contributed by atoms with Crippen LogP contribution >= 0.6 is 11.3 Å². The van der Waals surface area contributed by atoms with Crippen LogP contribution in [-0.2, 0) is 9.84 Å². The van der Waals surface area contributed by atoms with E-state index in [4.69, 9.17) is 4.74 Å². The number of sulfone groups is 1.